The van der Waals surface area contributed by atoms with Gasteiger partial charge in [0.15, 0.2) is 0 Å². The number of anilines is 1. The molecule has 0 radical (unpaired) electrons. The van der Waals surface area contributed by atoms with Gasteiger partial charge < -0.3 is 9.80 Å². The van der Waals surface area contributed by atoms with Crippen LogP contribution in [0.4, 0.5) is 5.69 Å². The predicted molar refractivity (Wildman–Crippen MR) is 99.4 cm³/mol. The highest BCUT2D eigenvalue weighted by Gasteiger charge is 2.27. The molecule has 1 aliphatic heterocycles. The molecule has 0 spiro atoms. The first kappa shape index (κ1) is 17.2. The molecule has 6 heteroatoms. The Hall–Kier alpha value is -2.66. The molecule has 3 rings (SSSR count). The number of halogens is 1. The fourth-order valence-corrected chi connectivity index (χ4v) is 2.85. The number of hydrogen-bond acceptors (Lipinski definition) is 3. The van der Waals surface area contributed by atoms with Crippen LogP contribution in [0.15, 0.2) is 53.5 Å². The molecule has 2 aromatic carbocycles. The summed E-state index contributed by atoms with van der Waals surface area (Å²) in [4.78, 5) is 32.2. The highest BCUT2D eigenvalue weighted by molar-refractivity contribution is 6.32. The normalized spacial score (nSPS) is 13.8. The Morgan fingerprint density at radius 3 is 2.60 bits per heavy atom. The predicted octanol–water partition coefficient (Wildman–Crippen LogP) is 2.61. The summed E-state index contributed by atoms with van der Waals surface area (Å²) in [5.41, 5.74) is 2.99. The van der Waals surface area contributed by atoms with Crippen LogP contribution in [0, 0.1) is 0 Å². The first-order chi connectivity index (χ1) is 12.0. The van der Waals surface area contributed by atoms with E-state index in [1.807, 2.05) is 30.3 Å². The summed E-state index contributed by atoms with van der Waals surface area (Å²) in [6.45, 7) is -0.0463. The zero-order chi connectivity index (χ0) is 18.0. The Morgan fingerprint density at radius 1 is 1.20 bits per heavy atom. The number of aliphatic imine (C=N–C) groups is 1. The molecule has 0 saturated carbocycles. The third kappa shape index (κ3) is 3.56. The maximum Gasteiger partial charge on any atom is 0.249 e. The first-order valence-electron chi connectivity index (χ1n) is 7.87. The maximum absolute atomic E-state index is 12.6. The van der Waals surface area contributed by atoms with Crippen LogP contribution in [0.25, 0.3) is 0 Å². The zero-order valence-electron chi connectivity index (χ0n) is 14.1. The zero-order valence-corrected chi connectivity index (χ0v) is 14.8. The molecular weight excluding hydrogens is 338 g/mol. The minimum absolute atomic E-state index is 0.0166. The van der Waals surface area contributed by atoms with Crippen molar-refractivity contribution in [3.8, 4) is 0 Å². The number of likely N-dealkylation sites (N-methyl/N-ethyl adjacent to an activating group) is 1. The van der Waals surface area contributed by atoms with Crippen LogP contribution in [0.1, 0.15) is 11.1 Å². The number of rotatable bonds is 3. The van der Waals surface area contributed by atoms with E-state index >= 15 is 0 Å². The monoisotopic (exact) mass is 355 g/mol. The van der Waals surface area contributed by atoms with Gasteiger partial charge in [0.25, 0.3) is 0 Å². The maximum atomic E-state index is 12.6. The average Bonchev–Trinajstić information content (AvgIpc) is 2.73. The Balaban J connectivity index is 2.12. The lowest BCUT2D eigenvalue weighted by atomic mass is 10.00. The first-order valence-corrected chi connectivity index (χ1v) is 8.25. The van der Waals surface area contributed by atoms with Crippen LogP contribution in [0.2, 0.25) is 5.02 Å². The minimum Gasteiger partial charge on any atom is -0.347 e. The topological polar surface area (TPSA) is 53.0 Å². The van der Waals surface area contributed by atoms with Crippen molar-refractivity contribution in [2.24, 2.45) is 4.99 Å². The summed E-state index contributed by atoms with van der Waals surface area (Å²) < 4.78 is 0. The highest BCUT2D eigenvalue weighted by Crippen LogP contribution is 2.29. The molecule has 2 aromatic rings. The van der Waals surface area contributed by atoms with E-state index in [-0.39, 0.29) is 24.9 Å². The molecular formula is C19H18ClN3O2. The van der Waals surface area contributed by atoms with Gasteiger partial charge in [-0.3, -0.25) is 14.6 Å². The van der Waals surface area contributed by atoms with Crippen molar-refractivity contribution in [1.29, 1.82) is 0 Å². The van der Waals surface area contributed by atoms with Crippen LogP contribution < -0.4 is 4.90 Å². The second kappa shape index (κ2) is 7.07. The van der Waals surface area contributed by atoms with Crippen LogP contribution in [-0.4, -0.2) is 49.6 Å². The summed E-state index contributed by atoms with van der Waals surface area (Å²) in [7, 11) is 3.33. The summed E-state index contributed by atoms with van der Waals surface area (Å²) in [5.74, 6) is -0.373. The van der Waals surface area contributed by atoms with Gasteiger partial charge in [-0.1, -0.05) is 41.9 Å². The van der Waals surface area contributed by atoms with Crippen LogP contribution in [-0.2, 0) is 9.59 Å². The van der Waals surface area contributed by atoms with E-state index in [2.05, 4.69) is 4.99 Å². The molecule has 0 fully saturated rings. The molecule has 1 heterocycles. The molecule has 128 valence electrons. The van der Waals surface area contributed by atoms with Crippen LogP contribution in [0.5, 0.6) is 0 Å². The lowest BCUT2D eigenvalue weighted by molar-refractivity contribution is -0.129. The Morgan fingerprint density at radius 2 is 1.92 bits per heavy atom. The largest absolute Gasteiger partial charge is 0.347 e. The molecule has 0 bridgehead atoms. The summed E-state index contributed by atoms with van der Waals surface area (Å²) >= 11 is 6.19. The van der Waals surface area contributed by atoms with Crippen molar-refractivity contribution in [3.63, 3.8) is 0 Å². The second-order valence-corrected chi connectivity index (χ2v) is 6.40. The van der Waals surface area contributed by atoms with E-state index in [1.54, 1.807) is 32.3 Å². The van der Waals surface area contributed by atoms with E-state index in [0.29, 0.717) is 16.4 Å². The standard InChI is InChI=1S/C19H18ClN3O2/c1-22(2)18(25)12-23-16-9-8-14(20)10-15(16)19(21-11-17(23)24)13-6-4-3-5-7-13/h3-10H,11-12H2,1-2H3. The molecule has 2 amide bonds. The number of nitrogens with zero attached hydrogens (tertiary/aromatic N) is 3. The third-order valence-electron chi connectivity index (χ3n) is 4.02. The van der Waals surface area contributed by atoms with Crippen LogP contribution in [0.3, 0.4) is 0 Å². The van der Waals surface area contributed by atoms with Crippen molar-refractivity contribution >= 4 is 34.8 Å². The smallest absolute Gasteiger partial charge is 0.249 e. The fourth-order valence-electron chi connectivity index (χ4n) is 2.68. The van der Waals surface area contributed by atoms with Gasteiger partial charge in [0.2, 0.25) is 11.8 Å². The lowest BCUT2D eigenvalue weighted by Gasteiger charge is -2.24. The van der Waals surface area contributed by atoms with Gasteiger partial charge >= 0.3 is 0 Å². The van der Waals surface area contributed by atoms with E-state index < -0.39 is 0 Å². The second-order valence-electron chi connectivity index (χ2n) is 5.96. The summed E-state index contributed by atoms with van der Waals surface area (Å²) in [6.07, 6.45) is 0. The van der Waals surface area contributed by atoms with Gasteiger partial charge in [-0.15, -0.1) is 0 Å². The van der Waals surface area contributed by atoms with Gasteiger partial charge in [-0.05, 0) is 18.2 Å². The molecule has 0 N–H and O–H groups in total. The number of carbonyl (C=O) groups excluding carboxylic acids is 2. The molecule has 0 aromatic heterocycles. The van der Waals surface area contributed by atoms with Crippen molar-refractivity contribution in [1.82, 2.24) is 4.90 Å². The van der Waals surface area contributed by atoms with Gasteiger partial charge in [0.1, 0.15) is 13.1 Å². The van der Waals surface area contributed by atoms with Crippen molar-refractivity contribution < 1.29 is 9.59 Å². The molecule has 0 saturated heterocycles. The highest BCUT2D eigenvalue weighted by atomic mass is 35.5. The molecule has 0 unspecified atom stereocenters. The van der Waals surface area contributed by atoms with Crippen molar-refractivity contribution in [2.75, 3.05) is 32.1 Å². The van der Waals surface area contributed by atoms with E-state index in [9.17, 15) is 9.59 Å². The van der Waals surface area contributed by atoms with Gasteiger partial charge in [-0.2, -0.15) is 0 Å². The Labute approximate surface area is 151 Å². The third-order valence-corrected chi connectivity index (χ3v) is 4.25. The fraction of sp³-hybridized carbons (Fsp3) is 0.211. The van der Waals surface area contributed by atoms with E-state index in [4.69, 9.17) is 11.6 Å². The van der Waals surface area contributed by atoms with E-state index in [0.717, 1.165) is 11.1 Å². The number of carbonyl (C=O) groups is 2. The quantitative estimate of drug-likeness (QED) is 0.849. The summed E-state index contributed by atoms with van der Waals surface area (Å²) in [5, 5.41) is 0.551. The van der Waals surface area contributed by atoms with Crippen molar-refractivity contribution in [3.05, 3.63) is 64.7 Å². The SMILES string of the molecule is CN(C)C(=O)CN1C(=O)CN=C(c2ccccc2)c2cc(Cl)ccc21. The van der Waals surface area contributed by atoms with Gasteiger partial charge in [-0.25, -0.2) is 0 Å². The minimum atomic E-state index is -0.218. The van der Waals surface area contributed by atoms with Gasteiger partial charge in [0, 0.05) is 30.2 Å². The van der Waals surface area contributed by atoms with Crippen molar-refractivity contribution in [2.45, 2.75) is 0 Å². The van der Waals surface area contributed by atoms with Crippen LogP contribution >= 0.6 is 11.6 Å². The molecule has 25 heavy (non-hydrogen) atoms. The summed E-state index contributed by atoms with van der Waals surface area (Å²) in [6, 6.07) is 14.9. The number of benzodiazepines with no additional fused rings is 1. The average molecular weight is 356 g/mol. The molecule has 5 nitrogen and oxygen atoms in total. The van der Waals surface area contributed by atoms with Gasteiger partial charge in [0.05, 0.1) is 11.4 Å². The molecule has 0 aliphatic carbocycles. The molecule has 0 atom stereocenters. The lowest BCUT2D eigenvalue weighted by Crippen LogP contribution is -2.41. The number of benzene rings is 2. The molecule has 1 aliphatic rings. The Bertz CT molecular complexity index is 847. The van der Waals surface area contributed by atoms with E-state index in [1.165, 1.54) is 9.80 Å². The number of amides is 2. The Kier molecular flexibility index (Phi) is 4.86. The number of hydrogen-bond donors (Lipinski definition) is 0. The number of fused-ring (bicyclic) bond motifs is 1.